The SMILES string of the molecule is Cc1ccc(C)c(OCC(=O)OCC(=O)c2ccccc2)c1. The van der Waals surface area contributed by atoms with Gasteiger partial charge in [-0.05, 0) is 31.0 Å². The van der Waals surface area contributed by atoms with Gasteiger partial charge in [0.2, 0.25) is 0 Å². The molecule has 0 atom stereocenters. The van der Waals surface area contributed by atoms with Gasteiger partial charge in [-0.2, -0.15) is 0 Å². The lowest BCUT2D eigenvalue weighted by Crippen LogP contribution is -2.19. The Labute approximate surface area is 129 Å². The van der Waals surface area contributed by atoms with Crippen LogP contribution in [0.1, 0.15) is 21.5 Å². The van der Waals surface area contributed by atoms with Gasteiger partial charge in [-0.15, -0.1) is 0 Å². The van der Waals surface area contributed by atoms with Gasteiger partial charge in [0.15, 0.2) is 19.0 Å². The smallest absolute Gasteiger partial charge is 0.344 e. The molecule has 0 spiro atoms. The first-order valence-corrected chi connectivity index (χ1v) is 7.00. The molecule has 0 radical (unpaired) electrons. The Morgan fingerprint density at radius 1 is 0.955 bits per heavy atom. The van der Waals surface area contributed by atoms with Crippen LogP contribution < -0.4 is 4.74 Å². The van der Waals surface area contributed by atoms with Gasteiger partial charge in [0.25, 0.3) is 0 Å². The third-order valence-corrected chi connectivity index (χ3v) is 3.15. The Kier molecular flexibility index (Phi) is 5.31. The first kappa shape index (κ1) is 15.8. The van der Waals surface area contributed by atoms with Crippen molar-refractivity contribution in [3.05, 3.63) is 65.2 Å². The van der Waals surface area contributed by atoms with Crippen molar-refractivity contribution in [1.82, 2.24) is 0 Å². The van der Waals surface area contributed by atoms with E-state index in [1.54, 1.807) is 24.3 Å². The van der Waals surface area contributed by atoms with Crippen molar-refractivity contribution in [3.63, 3.8) is 0 Å². The summed E-state index contributed by atoms with van der Waals surface area (Å²) in [5.41, 5.74) is 2.51. The molecule has 0 aromatic heterocycles. The fourth-order valence-electron chi connectivity index (χ4n) is 1.89. The molecule has 4 heteroatoms. The summed E-state index contributed by atoms with van der Waals surface area (Å²) in [6.45, 7) is 3.35. The largest absolute Gasteiger partial charge is 0.482 e. The first-order chi connectivity index (χ1) is 10.6. The van der Waals surface area contributed by atoms with E-state index in [-0.39, 0.29) is 19.0 Å². The summed E-state index contributed by atoms with van der Waals surface area (Å²) in [5, 5.41) is 0. The summed E-state index contributed by atoms with van der Waals surface area (Å²) in [5.74, 6) is -0.155. The molecule has 0 fully saturated rings. The van der Waals surface area contributed by atoms with E-state index in [0.717, 1.165) is 11.1 Å². The van der Waals surface area contributed by atoms with Crippen LogP contribution >= 0.6 is 0 Å². The molecule has 0 aliphatic heterocycles. The van der Waals surface area contributed by atoms with E-state index in [0.29, 0.717) is 11.3 Å². The van der Waals surface area contributed by atoms with Crippen LogP contribution in [0, 0.1) is 13.8 Å². The van der Waals surface area contributed by atoms with Crippen molar-refractivity contribution in [2.75, 3.05) is 13.2 Å². The number of benzene rings is 2. The van der Waals surface area contributed by atoms with Crippen LogP contribution in [-0.4, -0.2) is 25.0 Å². The maximum absolute atomic E-state index is 11.8. The maximum Gasteiger partial charge on any atom is 0.344 e. The second-order valence-corrected chi connectivity index (χ2v) is 5.01. The summed E-state index contributed by atoms with van der Waals surface area (Å²) < 4.78 is 10.4. The standard InChI is InChI=1S/C18H18O4/c1-13-8-9-14(2)17(10-13)21-12-18(20)22-11-16(19)15-6-4-3-5-7-15/h3-10H,11-12H2,1-2H3. The van der Waals surface area contributed by atoms with Gasteiger partial charge in [-0.1, -0.05) is 42.5 Å². The molecular formula is C18H18O4. The molecule has 2 aromatic carbocycles. The number of aryl methyl sites for hydroxylation is 2. The van der Waals surface area contributed by atoms with Gasteiger partial charge in [0.1, 0.15) is 5.75 Å². The molecule has 0 saturated carbocycles. The van der Waals surface area contributed by atoms with E-state index in [4.69, 9.17) is 9.47 Å². The average molecular weight is 298 g/mol. The lowest BCUT2D eigenvalue weighted by atomic mass is 10.1. The summed E-state index contributed by atoms with van der Waals surface area (Å²) in [6, 6.07) is 14.5. The predicted molar refractivity (Wildman–Crippen MR) is 83.1 cm³/mol. The van der Waals surface area contributed by atoms with Crippen molar-refractivity contribution in [3.8, 4) is 5.75 Å². The van der Waals surface area contributed by atoms with E-state index in [1.165, 1.54) is 0 Å². The molecule has 0 unspecified atom stereocenters. The minimum atomic E-state index is -0.565. The molecule has 114 valence electrons. The number of rotatable bonds is 6. The van der Waals surface area contributed by atoms with E-state index in [1.807, 2.05) is 38.1 Å². The number of ether oxygens (including phenoxy) is 2. The predicted octanol–water partition coefficient (Wildman–Crippen LogP) is 3.11. The molecular weight excluding hydrogens is 280 g/mol. The summed E-state index contributed by atoms with van der Waals surface area (Å²) in [6.07, 6.45) is 0. The number of hydrogen-bond donors (Lipinski definition) is 0. The fraction of sp³-hybridized carbons (Fsp3) is 0.222. The Balaban J connectivity index is 1.81. The minimum absolute atomic E-state index is 0.216. The summed E-state index contributed by atoms with van der Waals surface area (Å²) in [4.78, 5) is 23.5. The molecule has 22 heavy (non-hydrogen) atoms. The second kappa shape index (κ2) is 7.41. The lowest BCUT2D eigenvalue weighted by Gasteiger charge is -2.09. The lowest BCUT2D eigenvalue weighted by molar-refractivity contribution is -0.144. The molecule has 2 rings (SSSR count). The van der Waals surface area contributed by atoms with Gasteiger partial charge >= 0.3 is 5.97 Å². The number of Topliss-reactive ketones (excluding diaryl/α,β-unsaturated/α-hetero) is 1. The Morgan fingerprint density at radius 3 is 2.41 bits per heavy atom. The van der Waals surface area contributed by atoms with Crippen LogP contribution in [0.15, 0.2) is 48.5 Å². The summed E-state index contributed by atoms with van der Waals surface area (Å²) >= 11 is 0. The number of carbonyl (C=O) groups is 2. The highest BCUT2D eigenvalue weighted by molar-refractivity contribution is 5.97. The quantitative estimate of drug-likeness (QED) is 0.607. The molecule has 0 aliphatic rings. The zero-order chi connectivity index (χ0) is 15.9. The van der Waals surface area contributed by atoms with Crippen LogP contribution in [0.5, 0.6) is 5.75 Å². The molecule has 0 bridgehead atoms. The zero-order valence-electron chi connectivity index (χ0n) is 12.7. The highest BCUT2D eigenvalue weighted by Gasteiger charge is 2.11. The van der Waals surface area contributed by atoms with Crippen molar-refractivity contribution >= 4 is 11.8 Å². The van der Waals surface area contributed by atoms with Crippen LogP contribution in [0.4, 0.5) is 0 Å². The fourth-order valence-corrected chi connectivity index (χ4v) is 1.89. The third kappa shape index (κ3) is 4.45. The molecule has 0 amide bonds. The van der Waals surface area contributed by atoms with E-state index in [2.05, 4.69) is 0 Å². The summed E-state index contributed by atoms with van der Waals surface area (Å²) in [7, 11) is 0. The minimum Gasteiger partial charge on any atom is -0.482 e. The monoisotopic (exact) mass is 298 g/mol. The maximum atomic E-state index is 11.8. The van der Waals surface area contributed by atoms with Gasteiger partial charge < -0.3 is 9.47 Å². The van der Waals surface area contributed by atoms with Gasteiger partial charge in [0, 0.05) is 5.56 Å². The van der Waals surface area contributed by atoms with Gasteiger partial charge in [0.05, 0.1) is 0 Å². The Bertz CT molecular complexity index is 662. The van der Waals surface area contributed by atoms with Crippen molar-refractivity contribution < 1.29 is 19.1 Å². The molecule has 4 nitrogen and oxygen atoms in total. The highest BCUT2D eigenvalue weighted by Crippen LogP contribution is 2.18. The van der Waals surface area contributed by atoms with Gasteiger partial charge in [-0.3, -0.25) is 4.79 Å². The van der Waals surface area contributed by atoms with Crippen molar-refractivity contribution in [1.29, 1.82) is 0 Å². The third-order valence-electron chi connectivity index (χ3n) is 3.15. The van der Waals surface area contributed by atoms with Crippen molar-refractivity contribution in [2.45, 2.75) is 13.8 Å². The van der Waals surface area contributed by atoms with Gasteiger partial charge in [-0.25, -0.2) is 4.79 Å². The topological polar surface area (TPSA) is 52.6 Å². The van der Waals surface area contributed by atoms with Crippen molar-refractivity contribution in [2.24, 2.45) is 0 Å². The van der Waals surface area contributed by atoms with E-state index in [9.17, 15) is 9.59 Å². The molecule has 0 aliphatic carbocycles. The number of hydrogen-bond acceptors (Lipinski definition) is 4. The second-order valence-electron chi connectivity index (χ2n) is 5.01. The van der Waals surface area contributed by atoms with E-state index >= 15 is 0 Å². The van der Waals surface area contributed by atoms with E-state index < -0.39 is 5.97 Å². The zero-order valence-corrected chi connectivity index (χ0v) is 12.7. The first-order valence-electron chi connectivity index (χ1n) is 7.00. The number of esters is 1. The molecule has 2 aromatic rings. The number of ketones is 1. The number of carbonyl (C=O) groups excluding carboxylic acids is 2. The molecule has 0 N–H and O–H groups in total. The molecule has 0 heterocycles. The van der Waals surface area contributed by atoms with Crippen LogP contribution in [-0.2, 0) is 9.53 Å². The highest BCUT2D eigenvalue weighted by atomic mass is 16.6. The van der Waals surface area contributed by atoms with Crippen LogP contribution in [0.2, 0.25) is 0 Å². The Morgan fingerprint density at radius 2 is 1.68 bits per heavy atom. The normalized spacial score (nSPS) is 10.1. The molecule has 0 saturated heterocycles. The van der Waals surface area contributed by atoms with Crippen LogP contribution in [0.25, 0.3) is 0 Å². The van der Waals surface area contributed by atoms with Crippen LogP contribution in [0.3, 0.4) is 0 Å². The average Bonchev–Trinajstić information content (AvgIpc) is 2.54. The Hall–Kier alpha value is -2.62.